The van der Waals surface area contributed by atoms with Crippen molar-refractivity contribution in [1.82, 2.24) is 10.6 Å². The number of ether oxygens (including phenoxy) is 4. The highest BCUT2D eigenvalue weighted by Crippen LogP contribution is 2.54. The van der Waals surface area contributed by atoms with Crippen molar-refractivity contribution in [1.29, 1.82) is 0 Å². The lowest BCUT2D eigenvalue weighted by Gasteiger charge is -2.23. The predicted octanol–water partition coefficient (Wildman–Crippen LogP) is 2.08. The molecule has 184 valence electrons. The highest BCUT2D eigenvalue weighted by atomic mass is 16.7. The van der Waals surface area contributed by atoms with E-state index in [0.717, 1.165) is 16.8 Å². The summed E-state index contributed by atoms with van der Waals surface area (Å²) in [5.74, 6) is 1.43. The summed E-state index contributed by atoms with van der Waals surface area (Å²) in [4.78, 5) is 39.1. The molecule has 10 heteroatoms. The van der Waals surface area contributed by atoms with Crippen LogP contribution in [0.4, 0.5) is 10.5 Å². The number of para-hydroxylation sites is 1. The zero-order valence-electron chi connectivity index (χ0n) is 19.4. The summed E-state index contributed by atoms with van der Waals surface area (Å²) in [5, 5.41) is 5.49. The van der Waals surface area contributed by atoms with Crippen LogP contribution in [0.1, 0.15) is 30.9 Å². The number of rotatable bonds is 8. The van der Waals surface area contributed by atoms with E-state index in [4.69, 9.17) is 18.9 Å². The zero-order valence-corrected chi connectivity index (χ0v) is 19.4. The Hall–Kier alpha value is -3.95. The van der Waals surface area contributed by atoms with E-state index in [2.05, 4.69) is 10.6 Å². The largest absolute Gasteiger partial charge is 0.491 e. The second-order valence-electron chi connectivity index (χ2n) is 8.46. The fraction of sp³-hybridized carbons (Fsp3) is 0.400. The topological polar surface area (TPSA) is 115 Å². The monoisotopic (exact) mass is 481 g/mol. The third kappa shape index (κ3) is 3.98. The van der Waals surface area contributed by atoms with E-state index in [1.807, 2.05) is 30.3 Å². The van der Waals surface area contributed by atoms with Crippen molar-refractivity contribution >= 4 is 23.6 Å². The number of esters is 1. The van der Waals surface area contributed by atoms with Crippen LogP contribution in [0.15, 0.2) is 36.4 Å². The summed E-state index contributed by atoms with van der Waals surface area (Å²) in [7, 11) is 0. The second-order valence-corrected chi connectivity index (χ2v) is 8.46. The molecule has 0 aromatic heterocycles. The average Bonchev–Trinajstić information content (AvgIpc) is 3.53. The molecule has 2 aromatic rings. The predicted molar refractivity (Wildman–Crippen MR) is 125 cm³/mol. The van der Waals surface area contributed by atoms with E-state index >= 15 is 0 Å². The lowest BCUT2D eigenvalue weighted by Crippen LogP contribution is -2.46. The molecule has 0 bridgehead atoms. The Bertz CT molecular complexity index is 1170. The summed E-state index contributed by atoms with van der Waals surface area (Å²) in [6.07, 6.45) is 0.740. The van der Waals surface area contributed by atoms with Crippen LogP contribution in [0.3, 0.4) is 0 Å². The average molecular weight is 482 g/mol. The quantitative estimate of drug-likeness (QED) is 0.438. The molecule has 0 aliphatic carbocycles. The van der Waals surface area contributed by atoms with Gasteiger partial charge in [0.1, 0.15) is 17.8 Å². The van der Waals surface area contributed by atoms with Gasteiger partial charge in [-0.05, 0) is 31.0 Å². The van der Waals surface area contributed by atoms with Crippen LogP contribution in [0.25, 0.3) is 0 Å². The molecule has 5 rings (SSSR count). The highest BCUT2D eigenvalue weighted by molar-refractivity contribution is 6.11. The first-order chi connectivity index (χ1) is 17.0. The number of nitrogens with zero attached hydrogens (tertiary/aromatic N) is 1. The van der Waals surface area contributed by atoms with E-state index in [-0.39, 0.29) is 44.3 Å². The number of carbonyl (C=O) groups excluding carboxylic acids is 3. The van der Waals surface area contributed by atoms with Gasteiger partial charge in [-0.25, -0.2) is 4.79 Å². The van der Waals surface area contributed by atoms with Gasteiger partial charge in [-0.3, -0.25) is 9.59 Å². The fourth-order valence-corrected chi connectivity index (χ4v) is 4.80. The lowest BCUT2D eigenvalue weighted by molar-refractivity contribution is -0.143. The van der Waals surface area contributed by atoms with Crippen LogP contribution in [0, 0.1) is 0 Å². The SMILES string of the molecule is CCOC(=O)CCCNC(=O)NCCN1C(=O)C2(COc3cc4c(cc32)OCO4)c2ccccc21. The van der Waals surface area contributed by atoms with Gasteiger partial charge < -0.3 is 34.5 Å². The minimum absolute atomic E-state index is 0.104. The number of hydrogen-bond acceptors (Lipinski definition) is 7. The minimum atomic E-state index is -0.970. The minimum Gasteiger partial charge on any atom is -0.491 e. The standard InChI is InChI=1S/C25H27N3O7/c1-2-32-22(29)8-5-9-26-24(31)27-10-11-28-18-7-4-3-6-16(18)25(23(28)30)14-33-19-13-21-20(12-17(19)25)34-15-35-21/h3-4,6-7,12-13H,2,5,8-11,14-15H2,1H3,(H2,26,27,31). The first-order valence-corrected chi connectivity index (χ1v) is 11.7. The Morgan fingerprint density at radius 3 is 2.63 bits per heavy atom. The molecule has 0 saturated heterocycles. The summed E-state index contributed by atoms with van der Waals surface area (Å²) < 4.78 is 21.8. The van der Waals surface area contributed by atoms with Gasteiger partial charge in [-0.2, -0.15) is 0 Å². The molecule has 10 nitrogen and oxygen atoms in total. The van der Waals surface area contributed by atoms with Crippen LogP contribution in [-0.4, -0.2) is 57.5 Å². The third-order valence-electron chi connectivity index (χ3n) is 6.41. The van der Waals surface area contributed by atoms with Crippen LogP contribution in [0.2, 0.25) is 0 Å². The lowest BCUT2D eigenvalue weighted by atomic mass is 9.77. The fourth-order valence-electron chi connectivity index (χ4n) is 4.80. The van der Waals surface area contributed by atoms with Gasteiger partial charge in [0.05, 0.1) is 6.61 Å². The second kappa shape index (κ2) is 9.36. The van der Waals surface area contributed by atoms with Gasteiger partial charge >= 0.3 is 12.0 Å². The summed E-state index contributed by atoms with van der Waals surface area (Å²) in [6, 6.07) is 10.9. The highest BCUT2D eigenvalue weighted by Gasteiger charge is 2.57. The molecule has 3 aliphatic heterocycles. The van der Waals surface area contributed by atoms with Gasteiger partial charge in [0.25, 0.3) is 0 Å². The molecular formula is C25H27N3O7. The number of fused-ring (bicyclic) bond motifs is 5. The molecule has 1 spiro atoms. The number of hydrogen-bond donors (Lipinski definition) is 2. The normalized spacial score (nSPS) is 18.8. The van der Waals surface area contributed by atoms with Crippen molar-refractivity contribution in [2.45, 2.75) is 25.2 Å². The number of amides is 3. The summed E-state index contributed by atoms with van der Waals surface area (Å²) >= 11 is 0. The van der Waals surface area contributed by atoms with Crippen LogP contribution >= 0.6 is 0 Å². The van der Waals surface area contributed by atoms with Crippen molar-refractivity contribution in [3.63, 3.8) is 0 Å². The van der Waals surface area contributed by atoms with Gasteiger partial charge in [-0.1, -0.05) is 18.2 Å². The van der Waals surface area contributed by atoms with Crippen LogP contribution < -0.4 is 29.7 Å². The summed E-state index contributed by atoms with van der Waals surface area (Å²) in [5.41, 5.74) is 1.45. The molecule has 3 heterocycles. The van der Waals surface area contributed by atoms with E-state index in [0.29, 0.717) is 43.4 Å². The number of carbonyl (C=O) groups is 3. The van der Waals surface area contributed by atoms with E-state index in [1.165, 1.54) is 0 Å². The van der Waals surface area contributed by atoms with Crippen LogP contribution in [-0.2, 0) is 19.7 Å². The Balaban J connectivity index is 1.24. The van der Waals surface area contributed by atoms with E-state index in [1.54, 1.807) is 17.9 Å². The Morgan fingerprint density at radius 2 is 1.80 bits per heavy atom. The molecule has 3 aliphatic rings. The van der Waals surface area contributed by atoms with Crippen LogP contribution in [0.5, 0.6) is 17.2 Å². The van der Waals surface area contributed by atoms with Crippen molar-refractivity contribution in [2.75, 3.05) is 44.5 Å². The molecular weight excluding hydrogens is 454 g/mol. The molecule has 2 aromatic carbocycles. The first kappa shape index (κ1) is 22.8. The Labute approximate surface area is 202 Å². The smallest absolute Gasteiger partial charge is 0.314 e. The number of urea groups is 1. The molecule has 2 N–H and O–H groups in total. The zero-order chi connectivity index (χ0) is 24.4. The Kier molecular flexibility index (Phi) is 6.10. The van der Waals surface area contributed by atoms with Crippen molar-refractivity contribution in [3.8, 4) is 17.2 Å². The van der Waals surface area contributed by atoms with Gasteiger partial charge in [-0.15, -0.1) is 0 Å². The van der Waals surface area contributed by atoms with Crippen molar-refractivity contribution < 1.29 is 33.3 Å². The molecule has 3 amide bonds. The van der Waals surface area contributed by atoms with Crippen molar-refractivity contribution in [2.24, 2.45) is 0 Å². The van der Waals surface area contributed by atoms with E-state index in [9.17, 15) is 14.4 Å². The van der Waals surface area contributed by atoms with Crippen molar-refractivity contribution in [3.05, 3.63) is 47.5 Å². The number of nitrogens with one attached hydrogen (secondary N) is 2. The van der Waals surface area contributed by atoms with Gasteiger partial charge in [0, 0.05) is 43.4 Å². The summed E-state index contributed by atoms with van der Waals surface area (Å²) in [6.45, 7) is 3.33. The molecule has 0 radical (unpaired) electrons. The maximum Gasteiger partial charge on any atom is 0.314 e. The van der Waals surface area contributed by atoms with Gasteiger partial charge in [0.15, 0.2) is 11.5 Å². The number of anilines is 1. The Morgan fingerprint density at radius 1 is 1.03 bits per heavy atom. The first-order valence-electron chi connectivity index (χ1n) is 11.7. The maximum absolute atomic E-state index is 13.9. The molecule has 1 unspecified atom stereocenters. The molecule has 0 saturated carbocycles. The molecule has 1 atom stereocenters. The molecule has 35 heavy (non-hydrogen) atoms. The maximum atomic E-state index is 13.9. The number of benzene rings is 2. The van der Waals surface area contributed by atoms with E-state index < -0.39 is 5.41 Å². The molecule has 0 fully saturated rings. The van der Waals surface area contributed by atoms with Gasteiger partial charge in [0.2, 0.25) is 12.7 Å². The third-order valence-corrected chi connectivity index (χ3v) is 6.41.